The zero-order chi connectivity index (χ0) is 15.9. The van der Waals surface area contributed by atoms with E-state index in [-0.39, 0.29) is 5.82 Å². The Bertz CT molecular complexity index is 782. The van der Waals surface area contributed by atoms with Crippen molar-refractivity contribution in [3.05, 3.63) is 95.8 Å². The Kier molecular flexibility index (Phi) is 4.79. The first-order valence-electron chi connectivity index (χ1n) is 7.30. The third kappa shape index (κ3) is 4.04. The van der Waals surface area contributed by atoms with E-state index in [9.17, 15) is 4.39 Å². The van der Waals surface area contributed by atoms with Gasteiger partial charge in [0.1, 0.15) is 18.6 Å². The number of rotatable bonds is 5. The molecule has 2 nitrogen and oxygen atoms in total. The van der Waals surface area contributed by atoms with Gasteiger partial charge in [0.2, 0.25) is 0 Å². The van der Waals surface area contributed by atoms with E-state index in [2.05, 4.69) is 29.6 Å². The van der Waals surface area contributed by atoms with Crippen LogP contribution in [0.25, 0.3) is 11.1 Å². The molecule has 3 aromatic carbocycles. The van der Waals surface area contributed by atoms with Crippen LogP contribution in [0.3, 0.4) is 0 Å². The molecule has 3 rings (SSSR count). The van der Waals surface area contributed by atoms with E-state index in [1.165, 1.54) is 12.1 Å². The number of halogens is 1. The van der Waals surface area contributed by atoms with Gasteiger partial charge in [0.15, 0.2) is 0 Å². The Morgan fingerprint density at radius 1 is 0.826 bits per heavy atom. The highest BCUT2D eigenvalue weighted by molar-refractivity contribution is 5.78. The van der Waals surface area contributed by atoms with Crippen molar-refractivity contribution in [3.63, 3.8) is 0 Å². The fourth-order valence-corrected chi connectivity index (χ4v) is 2.26. The molecule has 23 heavy (non-hydrogen) atoms. The van der Waals surface area contributed by atoms with Crippen LogP contribution >= 0.6 is 0 Å². The highest BCUT2D eigenvalue weighted by Crippen LogP contribution is 2.23. The van der Waals surface area contributed by atoms with E-state index in [4.69, 9.17) is 4.84 Å². The highest BCUT2D eigenvalue weighted by atomic mass is 19.1. The lowest BCUT2D eigenvalue weighted by Crippen LogP contribution is -1.92. The molecule has 0 fully saturated rings. The predicted octanol–water partition coefficient (Wildman–Crippen LogP) is 4.92. The molecule has 0 bridgehead atoms. The van der Waals surface area contributed by atoms with Crippen molar-refractivity contribution in [1.82, 2.24) is 0 Å². The number of hydrogen-bond acceptors (Lipinski definition) is 2. The summed E-state index contributed by atoms with van der Waals surface area (Å²) >= 11 is 0. The van der Waals surface area contributed by atoms with E-state index in [0.29, 0.717) is 12.2 Å². The zero-order valence-electron chi connectivity index (χ0n) is 12.4. The second-order valence-corrected chi connectivity index (χ2v) is 5.01. The number of benzene rings is 3. The standard InChI is InChI=1S/C20H15FNO/c21-19-12-10-16(11-13-19)14-22-23-15-18-8-4-5-9-20(18)17-6-2-1-3-7-17/h1-13H,15H2. The topological polar surface area (TPSA) is 21.6 Å². The first-order valence-corrected chi connectivity index (χ1v) is 7.30. The summed E-state index contributed by atoms with van der Waals surface area (Å²) in [6, 6.07) is 24.1. The van der Waals surface area contributed by atoms with Crippen LogP contribution in [0.4, 0.5) is 4.39 Å². The van der Waals surface area contributed by atoms with E-state index in [1.54, 1.807) is 12.1 Å². The van der Waals surface area contributed by atoms with E-state index in [0.717, 1.165) is 16.7 Å². The predicted molar refractivity (Wildman–Crippen MR) is 89.6 cm³/mol. The molecule has 0 aliphatic heterocycles. The quantitative estimate of drug-likeness (QED) is 0.484. The SMILES string of the molecule is Fc1ccc(/[C]=N/OCc2ccccc2-c2ccccc2)cc1. The number of nitrogens with zero attached hydrogens (tertiary/aromatic N) is 1. The molecule has 0 amide bonds. The van der Waals surface area contributed by atoms with Gasteiger partial charge < -0.3 is 4.84 Å². The fraction of sp³-hybridized carbons (Fsp3) is 0.0500. The molecular weight excluding hydrogens is 289 g/mol. The van der Waals surface area contributed by atoms with Crippen molar-refractivity contribution < 1.29 is 9.23 Å². The molecule has 0 saturated heterocycles. The highest BCUT2D eigenvalue weighted by Gasteiger charge is 2.04. The monoisotopic (exact) mass is 304 g/mol. The van der Waals surface area contributed by atoms with Gasteiger partial charge in [-0.15, -0.1) is 0 Å². The third-order valence-electron chi connectivity index (χ3n) is 3.41. The van der Waals surface area contributed by atoms with Crippen molar-refractivity contribution in [1.29, 1.82) is 0 Å². The number of hydrogen-bond donors (Lipinski definition) is 0. The van der Waals surface area contributed by atoms with Crippen molar-refractivity contribution in [3.8, 4) is 11.1 Å². The minimum Gasteiger partial charge on any atom is -0.390 e. The average molecular weight is 304 g/mol. The van der Waals surface area contributed by atoms with E-state index < -0.39 is 0 Å². The summed E-state index contributed by atoms with van der Waals surface area (Å²) in [6.07, 6.45) is 2.74. The summed E-state index contributed by atoms with van der Waals surface area (Å²) in [5, 5.41) is 3.83. The molecular formula is C20H15FNO. The van der Waals surface area contributed by atoms with Crippen LogP contribution in [0.5, 0.6) is 0 Å². The Morgan fingerprint density at radius 3 is 2.30 bits per heavy atom. The average Bonchev–Trinajstić information content (AvgIpc) is 2.61. The van der Waals surface area contributed by atoms with Crippen molar-refractivity contribution in [2.45, 2.75) is 6.61 Å². The minimum absolute atomic E-state index is 0.284. The molecule has 0 aliphatic carbocycles. The molecule has 3 aromatic rings. The van der Waals surface area contributed by atoms with Crippen LogP contribution in [0, 0.1) is 5.82 Å². The molecule has 0 atom stereocenters. The molecule has 0 N–H and O–H groups in total. The van der Waals surface area contributed by atoms with Gasteiger partial charge in [-0.05, 0) is 41.0 Å². The summed E-state index contributed by atoms with van der Waals surface area (Å²) in [6.45, 7) is 0.346. The van der Waals surface area contributed by atoms with Crippen LogP contribution in [0.15, 0.2) is 84.0 Å². The van der Waals surface area contributed by atoms with Gasteiger partial charge in [-0.2, -0.15) is 0 Å². The molecule has 0 aliphatic rings. The van der Waals surface area contributed by atoms with Gasteiger partial charge in [0.25, 0.3) is 0 Å². The minimum atomic E-state index is -0.284. The molecule has 0 spiro atoms. The van der Waals surface area contributed by atoms with Crippen molar-refractivity contribution in [2.75, 3.05) is 0 Å². The largest absolute Gasteiger partial charge is 0.390 e. The second-order valence-electron chi connectivity index (χ2n) is 5.01. The first-order chi connectivity index (χ1) is 11.3. The molecule has 0 saturated carbocycles. The van der Waals surface area contributed by atoms with Gasteiger partial charge in [-0.25, -0.2) is 4.39 Å². The van der Waals surface area contributed by atoms with Gasteiger partial charge in [0.05, 0.1) is 0 Å². The second kappa shape index (κ2) is 7.36. The van der Waals surface area contributed by atoms with Crippen LogP contribution in [0.2, 0.25) is 0 Å². The zero-order valence-corrected chi connectivity index (χ0v) is 12.4. The van der Waals surface area contributed by atoms with Gasteiger partial charge in [-0.1, -0.05) is 59.8 Å². The Morgan fingerprint density at radius 2 is 1.52 bits per heavy atom. The van der Waals surface area contributed by atoms with Crippen molar-refractivity contribution >= 4 is 6.21 Å². The first kappa shape index (κ1) is 15.0. The Hall–Kier alpha value is -2.94. The smallest absolute Gasteiger partial charge is 0.142 e. The van der Waals surface area contributed by atoms with Crippen LogP contribution in [-0.4, -0.2) is 6.21 Å². The van der Waals surface area contributed by atoms with Crippen LogP contribution in [-0.2, 0) is 11.4 Å². The molecule has 113 valence electrons. The van der Waals surface area contributed by atoms with Crippen LogP contribution in [0.1, 0.15) is 11.1 Å². The molecule has 0 heterocycles. The molecule has 0 aromatic heterocycles. The maximum atomic E-state index is 12.8. The summed E-state index contributed by atoms with van der Waals surface area (Å²) in [4.78, 5) is 5.34. The van der Waals surface area contributed by atoms with Gasteiger partial charge in [-0.3, -0.25) is 0 Å². The van der Waals surface area contributed by atoms with Crippen LogP contribution < -0.4 is 0 Å². The van der Waals surface area contributed by atoms with Gasteiger partial charge >= 0.3 is 0 Å². The van der Waals surface area contributed by atoms with Gasteiger partial charge in [0, 0.05) is 5.56 Å². The summed E-state index contributed by atoms with van der Waals surface area (Å²) in [5.41, 5.74) is 3.97. The third-order valence-corrected chi connectivity index (χ3v) is 3.41. The lowest BCUT2D eigenvalue weighted by molar-refractivity contribution is 0.132. The lowest BCUT2D eigenvalue weighted by atomic mass is 10.0. The lowest BCUT2D eigenvalue weighted by Gasteiger charge is -2.08. The van der Waals surface area contributed by atoms with E-state index >= 15 is 0 Å². The maximum absolute atomic E-state index is 12.8. The summed E-state index contributed by atoms with van der Waals surface area (Å²) in [7, 11) is 0. The molecule has 0 unspecified atom stereocenters. The van der Waals surface area contributed by atoms with E-state index in [1.807, 2.05) is 36.4 Å². The maximum Gasteiger partial charge on any atom is 0.142 e. The molecule has 3 heteroatoms. The normalized spacial score (nSPS) is 10.8. The Labute approximate surface area is 134 Å². The summed E-state index contributed by atoms with van der Waals surface area (Å²) < 4.78 is 12.8. The van der Waals surface area contributed by atoms with Crippen molar-refractivity contribution in [2.24, 2.45) is 5.16 Å². The molecule has 1 radical (unpaired) electrons. The summed E-state index contributed by atoms with van der Waals surface area (Å²) in [5.74, 6) is -0.284. The Balaban J connectivity index is 1.68. The fourth-order valence-electron chi connectivity index (χ4n) is 2.26.